The van der Waals surface area contributed by atoms with E-state index in [1.54, 1.807) is 24.5 Å². The summed E-state index contributed by atoms with van der Waals surface area (Å²) in [6.07, 6.45) is 3.44. The number of thiazole rings is 1. The van der Waals surface area contributed by atoms with E-state index in [9.17, 15) is 9.59 Å². The molecule has 1 aromatic heterocycles. The highest BCUT2D eigenvalue weighted by Gasteiger charge is 2.68. The number of carbonyl (C=O) groups excluding carboxylic acids is 2. The molecular formula is C31H43BN2O6S. The first-order chi connectivity index (χ1) is 19.2. The minimum Gasteiger partial charge on any atom is -0.496 e. The third-order valence-electron chi connectivity index (χ3n) is 9.25. The lowest BCUT2D eigenvalue weighted by atomic mass is 9.43. The van der Waals surface area contributed by atoms with Crippen molar-refractivity contribution >= 4 is 30.3 Å². The third-order valence-corrected chi connectivity index (χ3v) is 10.3. The van der Waals surface area contributed by atoms with Gasteiger partial charge in [-0.2, -0.15) is 0 Å². The monoisotopic (exact) mass is 582 g/mol. The molecule has 1 amide bonds. The lowest BCUT2D eigenvalue weighted by Gasteiger charge is -2.64. The van der Waals surface area contributed by atoms with Gasteiger partial charge >= 0.3 is 13.1 Å². The van der Waals surface area contributed by atoms with Crippen molar-refractivity contribution in [1.29, 1.82) is 0 Å². The average Bonchev–Trinajstić information content (AvgIpc) is 3.50. The number of carbonyl (C=O) groups is 2. The molecule has 5 atom stereocenters. The molecule has 8 nitrogen and oxygen atoms in total. The molecule has 4 aliphatic rings. The van der Waals surface area contributed by atoms with Gasteiger partial charge in [0.05, 0.1) is 41.9 Å². The number of methoxy groups -OCH3 is 1. The molecule has 2 bridgehead atoms. The second kappa shape index (κ2) is 11.0. The Morgan fingerprint density at radius 1 is 1.24 bits per heavy atom. The Morgan fingerprint density at radius 2 is 2.00 bits per heavy atom. The number of ether oxygens (including phenoxy) is 2. The fourth-order valence-electron chi connectivity index (χ4n) is 7.02. The molecule has 4 fully saturated rings. The van der Waals surface area contributed by atoms with Gasteiger partial charge in [0.15, 0.2) is 0 Å². The average molecular weight is 583 g/mol. The number of nitrogens with one attached hydrogen (secondary N) is 1. The first kappa shape index (κ1) is 30.0. The van der Waals surface area contributed by atoms with Gasteiger partial charge in [0, 0.05) is 5.38 Å². The van der Waals surface area contributed by atoms with Gasteiger partial charge < -0.3 is 24.1 Å². The summed E-state index contributed by atoms with van der Waals surface area (Å²) in [6.45, 7) is 14.4. The zero-order chi connectivity index (χ0) is 29.7. The van der Waals surface area contributed by atoms with Crippen LogP contribution < -0.4 is 10.1 Å². The molecule has 0 radical (unpaired) electrons. The van der Waals surface area contributed by atoms with Gasteiger partial charge in [0.1, 0.15) is 16.9 Å². The lowest BCUT2D eigenvalue weighted by molar-refractivity contribution is -0.199. The highest BCUT2D eigenvalue weighted by molar-refractivity contribution is 7.09. The van der Waals surface area contributed by atoms with Gasteiger partial charge in [0.25, 0.3) is 0 Å². The predicted octanol–water partition coefficient (Wildman–Crippen LogP) is 5.21. The summed E-state index contributed by atoms with van der Waals surface area (Å²) in [6, 6.07) is 5.42. The van der Waals surface area contributed by atoms with Crippen molar-refractivity contribution in [2.24, 2.45) is 17.3 Å². The first-order valence-corrected chi connectivity index (χ1v) is 15.6. The van der Waals surface area contributed by atoms with Gasteiger partial charge in [-0.3, -0.25) is 4.79 Å². The number of benzene rings is 1. The quantitative estimate of drug-likeness (QED) is 0.321. The van der Waals surface area contributed by atoms with Crippen LogP contribution in [0.3, 0.4) is 0 Å². The Bertz CT molecular complexity index is 1310. The molecule has 2 aromatic rings. The van der Waals surface area contributed by atoms with Crippen LogP contribution >= 0.6 is 11.3 Å². The summed E-state index contributed by atoms with van der Waals surface area (Å²) in [5.74, 6) is 0.329. The lowest BCUT2D eigenvalue weighted by Crippen LogP contribution is -2.65. The van der Waals surface area contributed by atoms with Crippen LogP contribution in [0.4, 0.5) is 0 Å². The van der Waals surface area contributed by atoms with Crippen LogP contribution in [0.25, 0.3) is 0 Å². The van der Waals surface area contributed by atoms with Gasteiger partial charge in [-0.15, -0.1) is 11.3 Å². The number of amides is 1. The summed E-state index contributed by atoms with van der Waals surface area (Å²) >= 11 is 1.57. The highest BCUT2D eigenvalue weighted by Crippen LogP contribution is 2.65. The maximum atomic E-state index is 13.4. The summed E-state index contributed by atoms with van der Waals surface area (Å²) in [7, 11) is 0.905. The summed E-state index contributed by atoms with van der Waals surface area (Å²) < 4.78 is 24.8. The second-order valence-electron chi connectivity index (χ2n) is 13.5. The minimum atomic E-state index is -0.645. The fourth-order valence-corrected chi connectivity index (χ4v) is 7.76. The Morgan fingerprint density at radius 3 is 2.63 bits per heavy atom. The Labute approximate surface area is 248 Å². The van der Waals surface area contributed by atoms with Gasteiger partial charge in [0.2, 0.25) is 5.91 Å². The van der Waals surface area contributed by atoms with E-state index < -0.39 is 30.2 Å². The Balaban J connectivity index is 1.41. The van der Waals surface area contributed by atoms with Crippen LogP contribution in [0.2, 0.25) is 0 Å². The van der Waals surface area contributed by atoms with Crippen LogP contribution in [0.15, 0.2) is 23.6 Å². The topological polar surface area (TPSA) is 96.0 Å². The third kappa shape index (κ3) is 5.80. The van der Waals surface area contributed by atoms with Gasteiger partial charge in [-0.25, -0.2) is 9.78 Å². The predicted molar refractivity (Wildman–Crippen MR) is 159 cm³/mol. The van der Waals surface area contributed by atoms with E-state index in [0.29, 0.717) is 29.6 Å². The van der Waals surface area contributed by atoms with Gasteiger partial charge in [-0.05, 0) is 82.3 Å². The van der Waals surface area contributed by atoms with Crippen LogP contribution in [-0.4, -0.2) is 54.3 Å². The molecule has 3 aliphatic carbocycles. The van der Waals surface area contributed by atoms with Crippen molar-refractivity contribution in [3.05, 3.63) is 45.4 Å². The number of para-hydroxylation sites is 1. The molecule has 10 heteroatoms. The summed E-state index contributed by atoms with van der Waals surface area (Å²) in [5, 5.41) is 6.15. The molecule has 6 rings (SSSR count). The number of hydrogen-bond donors (Lipinski definition) is 1. The number of aryl methyl sites for hydroxylation is 1. The number of rotatable bonds is 9. The van der Waals surface area contributed by atoms with E-state index in [0.717, 1.165) is 35.5 Å². The largest absolute Gasteiger partial charge is 0.496 e. The van der Waals surface area contributed by atoms with Crippen LogP contribution in [0, 0.1) is 17.3 Å². The van der Waals surface area contributed by atoms with E-state index in [-0.39, 0.29) is 23.8 Å². The molecule has 41 heavy (non-hydrogen) atoms. The van der Waals surface area contributed by atoms with Crippen LogP contribution in [-0.2, 0) is 38.1 Å². The molecule has 0 spiro atoms. The van der Waals surface area contributed by atoms with Crippen molar-refractivity contribution in [1.82, 2.24) is 10.3 Å². The van der Waals surface area contributed by atoms with E-state index in [4.69, 9.17) is 18.8 Å². The zero-order valence-corrected chi connectivity index (χ0v) is 26.4. The highest BCUT2D eigenvalue weighted by atomic mass is 32.1. The van der Waals surface area contributed by atoms with Crippen molar-refractivity contribution < 1.29 is 28.4 Å². The maximum Gasteiger partial charge on any atom is 0.482 e. The zero-order valence-electron chi connectivity index (χ0n) is 25.5. The number of hydrogen-bond acceptors (Lipinski definition) is 8. The molecular weight excluding hydrogens is 539 g/mol. The second-order valence-corrected chi connectivity index (χ2v) is 14.4. The smallest absolute Gasteiger partial charge is 0.482 e. The van der Waals surface area contributed by atoms with E-state index in [2.05, 4.69) is 38.0 Å². The SMILES string of the molecule is CCc1nc(CC(=O)N[C@@H](Cc2cccc(C(=O)OC(C)(C)C)c2OC)B2O[C@@H]3C[C@@H]4C[C@@H](C4(C)C)[C@]3(C)O2)cs1. The van der Waals surface area contributed by atoms with E-state index in [1.807, 2.05) is 38.3 Å². The summed E-state index contributed by atoms with van der Waals surface area (Å²) in [5.41, 5.74) is 1.00. The standard InChI is InChI=1S/C31H43BN2O6S/c1-9-26-33-20(17-41-26)16-25(35)34-24(32-39-23-15-19-14-22(30(19,5)6)31(23,7)40-32)13-18-11-10-12-21(27(18)37-8)28(36)38-29(2,3)4/h10-12,17,19,22-24H,9,13-16H2,1-8H3,(H,34,35)/t19-,22-,23+,24-,31-/m0/s1. The van der Waals surface area contributed by atoms with Crippen molar-refractivity contribution in [3.63, 3.8) is 0 Å². The van der Waals surface area contributed by atoms with Crippen molar-refractivity contribution in [2.45, 2.75) is 104 Å². The minimum absolute atomic E-state index is 0.0238. The normalized spacial score (nSPS) is 27.0. The van der Waals surface area contributed by atoms with E-state index >= 15 is 0 Å². The first-order valence-electron chi connectivity index (χ1n) is 14.7. The molecule has 1 aromatic carbocycles. The van der Waals surface area contributed by atoms with Crippen LogP contribution in [0.5, 0.6) is 5.75 Å². The van der Waals surface area contributed by atoms with E-state index in [1.165, 1.54) is 0 Å². The molecule has 2 heterocycles. The molecule has 3 saturated carbocycles. The molecule has 1 saturated heterocycles. The Kier molecular flexibility index (Phi) is 8.07. The maximum absolute atomic E-state index is 13.4. The van der Waals surface area contributed by atoms with Crippen molar-refractivity contribution in [3.8, 4) is 5.75 Å². The molecule has 1 aliphatic heterocycles. The Hall–Kier alpha value is -2.43. The molecule has 1 N–H and O–H groups in total. The number of aromatic nitrogens is 1. The number of esters is 1. The molecule has 222 valence electrons. The van der Waals surface area contributed by atoms with Crippen molar-refractivity contribution in [2.75, 3.05) is 7.11 Å². The molecule has 0 unspecified atom stereocenters. The summed E-state index contributed by atoms with van der Waals surface area (Å²) in [4.78, 5) is 31.0. The van der Waals surface area contributed by atoms with Crippen LogP contribution in [0.1, 0.15) is 87.9 Å². The fraction of sp³-hybridized carbons (Fsp3) is 0.645. The number of nitrogens with zero attached hydrogens (tertiary/aromatic N) is 1. The van der Waals surface area contributed by atoms with Gasteiger partial charge in [-0.1, -0.05) is 32.9 Å².